The highest BCUT2D eigenvalue weighted by molar-refractivity contribution is 6.80. The second kappa shape index (κ2) is 16.2. The predicted octanol–water partition coefficient (Wildman–Crippen LogP) is 1.35. The average Bonchev–Trinajstić information content (AvgIpc) is 1.75. The SMILES string of the molecule is CCOCC.[B]Cl. The van der Waals surface area contributed by atoms with E-state index in [0.29, 0.717) is 0 Å². The lowest BCUT2D eigenvalue weighted by Gasteiger charge is -1.86. The van der Waals surface area contributed by atoms with E-state index in [1.165, 1.54) is 0 Å². The molecule has 0 atom stereocenters. The van der Waals surface area contributed by atoms with Gasteiger partial charge >= 0.3 is 0 Å². The van der Waals surface area contributed by atoms with E-state index in [9.17, 15) is 0 Å². The van der Waals surface area contributed by atoms with E-state index >= 15 is 0 Å². The highest BCUT2D eigenvalue weighted by atomic mass is 35.5. The Morgan fingerprint density at radius 2 is 1.57 bits per heavy atom. The average molecular weight is 120 g/mol. The first-order valence-corrected chi connectivity index (χ1v) is 2.65. The van der Waals surface area contributed by atoms with Crippen LogP contribution < -0.4 is 0 Å². The molecule has 0 aliphatic carbocycles. The van der Waals surface area contributed by atoms with E-state index < -0.39 is 0 Å². The van der Waals surface area contributed by atoms with Crippen molar-refractivity contribution in [3.8, 4) is 0 Å². The lowest BCUT2D eigenvalue weighted by Crippen LogP contribution is -1.84. The van der Waals surface area contributed by atoms with E-state index in [1.807, 2.05) is 13.8 Å². The summed E-state index contributed by atoms with van der Waals surface area (Å²) in [5.41, 5.74) is 0. The van der Waals surface area contributed by atoms with Crippen LogP contribution in [0.15, 0.2) is 0 Å². The molecule has 0 rings (SSSR count). The molecule has 1 nitrogen and oxygen atoms in total. The van der Waals surface area contributed by atoms with Gasteiger partial charge in [-0.05, 0) is 13.8 Å². The molecule has 0 saturated carbocycles. The summed E-state index contributed by atoms with van der Waals surface area (Å²) in [6.45, 7) is 5.67. The first-order valence-electron chi connectivity index (χ1n) is 2.21. The molecule has 0 fully saturated rings. The van der Waals surface area contributed by atoms with E-state index in [2.05, 4.69) is 18.7 Å². The van der Waals surface area contributed by atoms with Gasteiger partial charge in [-0.15, -0.1) is 0 Å². The first kappa shape index (κ1) is 10.3. The fourth-order valence-corrected chi connectivity index (χ4v) is 0.204. The Morgan fingerprint density at radius 3 is 1.57 bits per heavy atom. The fraction of sp³-hybridized carbons (Fsp3) is 1.00. The third-order valence-electron chi connectivity index (χ3n) is 0.408. The minimum atomic E-state index is 0.844. The molecule has 0 aromatic rings. The Labute approximate surface area is 51.3 Å². The van der Waals surface area contributed by atoms with Crippen molar-refractivity contribution >= 4 is 18.7 Å². The van der Waals surface area contributed by atoms with E-state index in [-0.39, 0.29) is 0 Å². The Kier molecular flexibility index (Phi) is 23.9. The normalized spacial score (nSPS) is 6.71. The lowest BCUT2D eigenvalue weighted by molar-refractivity contribution is 0.162. The molecule has 0 aliphatic heterocycles. The van der Waals surface area contributed by atoms with Gasteiger partial charge in [0.05, 0.1) is 0 Å². The van der Waals surface area contributed by atoms with Gasteiger partial charge in [-0.3, -0.25) is 0 Å². The van der Waals surface area contributed by atoms with Crippen molar-refractivity contribution in [1.82, 2.24) is 0 Å². The van der Waals surface area contributed by atoms with Crippen molar-refractivity contribution in [2.75, 3.05) is 13.2 Å². The highest BCUT2D eigenvalue weighted by Crippen LogP contribution is 1.64. The van der Waals surface area contributed by atoms with Gasteiger partial charge in [0.15, 0.2) is 0 Å². The third-order valence-corrected chi connectivity index (χ3v) is 0.408. The third kappa shape index (κ3) is 21.9. The molecule has 0 aliphatic rings. The number of rotatable bonds is 2. The molecule has 42 valence electrons. The first-order chi connectivity index (χ1) is 3.41. The highest BCUT2D eigenvalue weighted by Gasteiger charge is 1.64. The van der Waals surface area contributed by atoms with E-state index in [4.69, 9.17) is 4.74 Å². The zero-order valence-corrected chi connectivity index (χ0v) is 5.53. The van der Waals surface area contributed by atoms with Gasteiger partial charge < -0.3 is 4.74 Å². The predicted molar refractivity (Wildman–Crippen MR) is 33.8 cm³/mol. The van der Waals surface area contributed by atoms with Gasteiger partial charge in [0, 0.05) is 13.2 Å². The topological polar surface area (TPSA) is 9.23 Å². The van der Waals surface area contributed by atoms with Gasteiger partial charge in [0.2, 0.25) is 7.26 Å². The second-order valence-corrected chi connectivity index (χ2v) is 0.781. The number of hydrogen-bond donors (Lipinski definition) is 0. The van der Waals surface area contributed by atoms with Crippen LogP contribution in [-0.4, -0.2) is 20.5 Å². The maximum atomic E-state index is 4.83. The molecule has 3 heteroatoms. The molecular weight excluding hydrogens is 110 g/mol. The van der Waals surface area contributed by atoms with Crippen LogP contribution in [-0.2, 0) is 4.74 Å². The molecule has 0 heterocycles. The van der Waals surface area contributed by atoms with Crippen LogP contribution in [0.25, 0.3) is 0 Å². The quantitative estimate of drug-likeness (QED) is 0.500. The van der Waals surface area contributed by atoms with Gasteiger partial charge in [-0.1, -0.05) is 0 Å². The lowest BCUT2D eigenvalue weighted by atomic mass is 10.8. The summed E-state index contributed by atoms with van der Waals surface area (Å²) in [6, 6.07) is 0. The van der Waals surface area contributed by atoms with Gasteiger partial charge in [-0.25, -0.2) is 11.5 Å². The Hall–Kier alpha value is 0.315. The van der Waals surface area contributed by atoms with Crippen molar-refractivity contribution in [2.45, 2.75) is 13.8 Å². The number of ether oxygens (including phenoxy) is 1. The molecule has 0 bridgehead atoms. The molecular formula is C4H10BClO. The molecule has 0 unspecified atom stereocenters. The van der Waals surface area contributed by atoms with Crippen LogP contribution in [0.4, 0.5) is 0 Å². The molecule has 0 N–H and O–H groups in total. The summed E-state index contributed by atoms with van der Waals surface area (Å²) >= 11 is 4.14. The van der Waals surface area contributed by atoms with Crippen LogP contribution in [0.5, 0.6) is 0 Å². The number of halogens is 1. The van der Waals surface area contributed by atoms with E-state index in [1.54, 1.807) is 0 Å². The van der Waals surface area contributed by atoms with Crippen molar-refractivity contribution in [2.24, 2.45) is 0 Å². The van der Waals surface area contributed by atoms with Gasteiger partial charge in [0.1, 0.15) is 0 Å². The minimum absolute atomic E-state index is 0.844. The molecule has 7 heavy (non-hydrogen) atoms. The summed E-state index contributed by atoms with van der Waals surface area (Å²) in [6.07, 6.45) is 0. The summed E-state index contributed by atoms with van der Waals surface area (Å²) in [4.78, 5) is 0. The maximum Gasteiger partial charge on any atom is 0.214 e. The van der Waals surface area contributed by atoms with Crippen LogP contribution in [0.1, 0.15) is 13.8 Å². The maximum absolute atomic E-state index is 4.83. The van der Waals surface area contributed by atoms with Crippen molar-refractivity contribution in [1.29, 1.82) is 0 Å². The van der Waals surface area contributed by atoms with E-state index in [0.717, 1.165) is 13.2 Å². The van der Waals surface area contributed by atoms with Crippen LogP contribution in [0, 0.1) is 0 Å². The largest absolute Gasteiger partial charge is 0.382 e. The summed E-state index contributed by atoms with van der Waals surface area (Å²) in [5, 5.41) is 0. The van der Waals surface area contributed by atoms with Crippen LogP contribution >= 0.6 is 11.5 Å². The summed E-state index contributed by atoms with van der Waals surface area (Å²) in [7, 11) is 3.97. The Bertz CT molecular complexity index is 19.2. The molecule has 0 saturated heterocycles. The Morgan fingerprint density at radius 1 is 1.29 bits per heavy atom. The van der Waals surface area contributed by atoms with Crippen LogP contribution in [0.2, 0.25) is 0 Å². The molecule has 0 amide bonds. The Balaban J connectivity index is 0. The van der Waals surface area contributed by atoms with Gasteiger partial charge in [0.25, 0.3) is 0 Å². The monoisotopic (exact) mass is 120 g/mol. The van der Waals surface area contributed by atoms with Crippen LogP contribution in [0.3, 0.4) is 0 Å². The summed E-state index contributed by atoms with van der Waals surface area (Å²) in [5.74, 6) is 0. The molecule has 0 aromatic carbocycles. The molecule has 0 spiro atoms. The zero-order chi connectivity index (χ0) is 6.12. The molecule has 0 aromatic heterocycles. The zero-order valence-electron chi connectivity index (χ0n) is 4.78. The standard InChI is InChI=1S/C4H10O.BCl/c1-3-5-4-2;1-2/h3-4H2,1-2H3;. The summed E-state index contributed by atoms with van der Waals surface area (Å²) < 4.78 is 4.83. The van der Waals surface area contributed by atoms with Crippen molar-refractivity contribution < 1.29 is 4.74 Å². The number of hydrogen-bond acceptors (Lipinski definition) is 1. The molecule has 2 radical (unpaired) electrons. The van der Waals surface area contributed by atoms with Gasteiger partial charge in [-0.2, -0.15) is 0 Å². The van der Waals surface area contributed by atoms with Crippen molar-refractivity contribution in [3.63, 3.8) is 0 Å². The fourth-order valence-electron chi connectivity index (χ4n) is 0.204. The smallest absolute Gasteiger partial charge is 0.214 e. The minimum Gasteiger partial charge on any atom is -0.382 e. The van der Waals surface area contributed by atoms with Crippen molar-refractivity contribution in [3.05, 3.63) is 0 Å². The second-order valence-electron chi connectivity index (χ2n) is 0.781.